The van der Waals surface area contributed by atoms with Crippen LogP contribution >= 0.6 is 0 Å². The molecule has 2 unspecified atom stereocenters. The first kappa shape index (κ1) is 44.9. The molecule has 0 aliphatic carbocycles. The van der Waals surface area contributed by atoms with E-state index in [1.807, 2.05) is 0 Å². The van der Waals surface area contributed by atoms with Crippen molar-refractivity contribution in [3.63, 3.8) is 0 Å². The summed E-state index contributed by atoms with van der Waals surface area (Å²) in [5.41, 5.74) is -5.99. The van der Waals surface area contributed by atoms with Gasteiger partial charge in [0.25, 0.3) is 0 Å². The maximum atomic E-state index is 13.1. The fraction of sp³-hybridized carbons (Fsp3) is 0.562. The van der Waals surface area contributed by atoms with Gasteiger partial charge in [-0.2, -0.15) is 29.3 Å². The van der Waals surface area contributed by atoms with Crippen molar-refractivity contribution in [1.29, 1.82) is 0 Å². The maximum absolute atomic E-state index is 13.1. The predicted octanol–water partition coefficient (Wildman–Crippen LogP) is 6.53. The first-order valence-corrected chi connectivity index (χ1v) is 15.4. The monoisotopic (exact) mass is 750 g/mol. The van der Waals surface area contributed by atoms with Gasteiger partial charge < -0.3 is 0 Å². The smallest absolute Gasteiger partial charge is 0.263 e. The van der Waals surface area contributed by atoms with Gasteiger partial charge in [0, 0.05) is 0 Å². The molecule has 0 heterocycles. The Bertz CT molecular complexity index is 1320. The van der Waals surface area contributed by atoms with Crippen LogP contribution in [0, 0.1) is 0 Å². The summed E-state index contributed by atoms with van der Waals surface area (Å²) >= 11 is 0. The number of hydrogen-bond acceptors (Lipinski definition) is 20. The van der Waals surface area contributed by atoms with Crippen molar-refractivity contribution in [2.24, 2.45) is 0 Å². The largest absolute Gasteiger partial charge is 0.396 e. The first-order chi connectivity index (χ1) is 24.0. The summed E-state index contributed by atoms with van der Waals surface area (Å²) in [4.78, 5) is 86.0. The Hall–Kier alpha value is -3.26. The van der Waals surface area contributed by atoms with Crippen LogP contribution in [-0.4, -0.2) is 44.9 Å². The van der Waals surface area contributed by atoms with Crippen LogP contribution in [-0.2, 0) is 90.8 Å². The van der Waals surface area contributed by atoms with E-state index in [0.29, 0.717) is 0 Å². The van der Waals surface area contributed by atoms with Gasteiger partial charge in [0.2, 0.25) is 0 Å². The summed E-state index contributed by atoms with van der Waals surface area (Å²) < 4.78 is 0. The van der Waals surface area contributed by atoms with Crippen LogP contribution in [0.2, 0.25) is 0 Å². The minimum absolute atomic E-state index is 0.485. The number of carbonyl (C=O) groups is 2. The van der Waals surface area contributed by atoms with Crippen molar-refractivity contribution in [2.75, 3.05) is 0 Å². The molecular weight excluding hydrogens is 704 g/mol. The molecule has 0 aliphatic rings. The van der Waals surface area contributed by atoms with Gasteiger partial charge in [-0.25, -0.2) is 29.9 Å². The van der Waals surface area contributed by atoms with E-state index in [1.54, 1.807) is 83.1 Å². The molecule has 0 fully saturated rings. The number of carbonyl (C=O) groups excluding carboxylic acids is 2. The molecule has 0 saturated carbocycles. The van der Waals surface area contributed by atoms with E-state index in [4.69, 9.17) is 59.0 Å². The van der Waals surface area contributed by atoms with Gasteiger partial charge >= 0.3 is 23.9 Å². The lowest BCUT2D eigenvalue weighted by Crippen LogP contribution is -2.44. The maximum Gasteiger partial charge on any atom is 0.396 e. The Labute approximate surface area is 299 Å². The zero-order chi connectivity index (χ0) is 39.4. The van der Waals surface area contributed by atoms with Gasteiger partial charge in [0.15, 0.2) is 0 Å². The van der Waals surface area contributed by atoms with Crippen LogP contribution in [0.5, 0.6) is 0 Å². The summed E-state index contributed by atoms with van der Waals surface area (Å²) in [5, 5.41) is 39.5. The van der Waals surface area contributed by atoms with Crippen LogP contribution in [0.15, 0.2) is 48.5 Å². The Morgan fingerprint density at radius 3 is 1.00 bits per heavy atom. The Morgan fingerprint density at radius 1 is 0.423 bits per heavy atom. The minimum Gasteiger partial charge on any atom is -0.263 e. The lowest BCUT2D eigenvalue weighted by atomic mass is 10.1. The fourth-order valence-electron chi connectivity index (χ4n) is 3.05. The molecule has 2 atom stereocenters. The second-order valence-electron chi connectivity index (χ2n) is 14.5. The van der Waals surface area contributed by atoms with Crippen LogP contribution in [0.4, 0.5) is 0 Å². The summed E-state index contributed by atoms with van der Waals surface area (Å²) in [6.07, 6.45) is 0. The molecule has 294 valence electrons. The van der Waals surface area contributed by atoms with E-state index in [1.165, 1.54) is 24.3 Å². The van der Waals surface area contributed by atoms with E-state index in [-0.39, 0.29) is 0 Å². The average molecular weight is 751 g/mol. The number of rotatable bonds is 19. The third kappa shape index (κ3) is 14.6. The van der Waals surface area contributed by atoms with Crippen molar-refractivity contribution >= 4 is 11.9 Å². The third-order valence-corrected chi connectivity index (χ3v) is 5.10. The summed E-state index contributed by atoms with van der Waals surface area (Å²) in [7, 11) is 0. The highest BCUT2D eigenvalue weighted by atomic mass is 17.6. The SMILES string of the molecule is CC(C)(C)OOOC(=O)c1ccccc1C(OO)(OOOC(C)(C)C)OOC(OO)(OOOC(C)(C)C)c1ccccc1C(=O)OOOC(C)(C)C. The topological polar surface area (TPSA) is 222 Å². The zero-order valence-corrected chi connectivity index (χ0v) is 30.9. The van der Waals surface area contributed by atoms with Crippen LogP contribution < -0.4 is 0 Å². The Kier molecular flexibility index (Phi) is 16.1. The molecule has 0 saturated heterocycles. The molecule has 20 nitrogen and oxygen atoms in total. The fourth-order valence-corrected chi connectivity index (χ4v) is 3.05. The lowest BCUT2D eigenvalue weighted by Gasteiger charge is -2.33. The van der Waals surface area contributed by atoms with Crippen molar-refractivity contribution in [1.82, 2.24) is 0 Å². The summed E-state index contributed by atoms with van der Waals surface area (Å²) in [6, 6.07) is 9.94. The quantitative estimate of drug-likeness (QED) is 0.0884. The minimum atomic E-state index is -3.25. The molecular formula is C32H46O20. The van der Waals surface area contributed by atoms with Crippen molar-refractivity contribution in [3.05, 3.63) is 70.8 Å². The molecule has 2 aromatic carbocycles. The van der Waals surface area contributed by atoms with Gasteiger partial charge in [0.1, 0.15) is 0 Å². The van der Waals surface area contributed by atoms with Gasteiger partial charge in [-0.05, 0) is 117 Å². The molecule has 0 bridgehead atoms. The molecule has 0 spiro atoms. The van der Waals surface area contributed by atoms with Gasteiger partial charge in [-0.1, -0.05) is 34.3 Å². The van der Waals surface area contributed by atoms with E-state index in [2.05, 4.69) is 19.9 Å². The predicted molar refractivity (Wildman–Crippen MR) is 167 cm³/mol. The summed E-state index contributed by atoms with van der Waals surface area (Å²) in [5.74, 6) is -9.00. The molecule has 0 amide bonds. The normalized spacial score (nSPS) is 15.1. The van der Waals surface area contributed by atoms with Crippen LogP contribution in [0.3, 0.4) is 0 Å². The van der Waals surface area contributed by atoms with Crippen molar-refractivity contribution in [3.8, 4) is 0 Å². The molecule has 2 rings (SSSR count). The second kappa shape index (κ2) is 18.7. The first-order valence-electron chi connectivity index (χ1n) is 15.4. The van der Waals surface area contributed by atoms with E-state index in [0.717, 1.165) is 24.3 Å². The highest BCUT2D eigenvalue weighted by Gasteiger charge is 2.52. The van der Waals surface area contributed by atoms with E-state index < -0.39 is 68.5 Å². The molecule has 0 aromatic heterocycles. The standard InChI is InChI=1S/C32H46O20/c1-27(2,3)41-49-37-25(33)21-17-13-15-19-23(21)31(39-35,47-51-43-29(7,8)9)45-46-32(40-36,48-52-44-30(10,11)12)24-20-16-14-18-22(24)26(34)38-50-42-28(4,5)6/h13-20,35-36H,1-12H3. The van der Waals surface area contributed by atoms with Crippen molar-refractivity contribution < 1.29 is 98.9 Å². The molecule has 20 heteroatoms. The van der Waals surface area contributed by atoms with E-state index >= 15 is 0 Å². The van der Waals surface area contributed by atoms with Crippen LogP contribution in [0.25, 0.3) is 0 Å². The molecule has 0 radical (unpaired) electrons. The Balaban J connectivity index is 2.68. The second-order valence-corrected chi connectivity index (χ2v) is 14.5. The molecule has 52 heavy (non-hydrogen) atoms. The van der Waals surface area contributed by atoms with Crippen molar-refractivity contribution in [2.45, 2.75) is 117 Å². The highest BCUT2D eigenvalue weighted by molar-refractivity contribution is 5.91. The number of hydrogen-bond donors (Lipinski definition) is 2. The summed E-state index contributed by atoms with van der Waals surface area (Å²) in [6.45, 7) is 19.0. The number of benzene rings is 2. The van der Waals surface area contributed by atoms with Crippen LogP contribution in [0.1, 0.15) is 115 Å². The zero-order valence-electron chi connectivity index (χ0n) is 30.9. The molecule has 2 aromatic rings. The molecule has 2 N–H and O–H groups in total. The highest BCUT2D eigenvalue weighted by Crippen LogP contribution is 2.39. The average Bonchev–Trinajstić information content (AvgIpc) is 3.03. The third-order valence-electron chi connectivity index (χ3n) is 5.10. The van der Waals surface area contributed by atoms with E-state index in [9.17, 15) is 20.1 Å². The lowest BCUT2D eigenvalue weighted by molar-refractivity contribution is -0.749. The molecule has 0 aliphatic heterocycles. The van der Waals surface area contributed by atoms with Gasteiger partial charge in [-0.3, -0.25) is 9.78 Å². The van der Waals surface area contributed by atoms with Gasteiger partial charge in [0.05, 0.1) is 44.7 Å². The van der Waals surface area contributed by atoms with Gasteiger partial charge in [-0.15, -0.1) is 9.78 Å². The Morgan fingerprint density at radius 2 is 0.712 bits per heavy atom.